The molecule has 0 spiro atoms. The van der Waals surface area contributed by atoms with Crippen LogP contribution in [0.15, 0.2) is 30.5 Å². The van der Waals surface area contributed by atoms with Gasteiger partial charge in [0.1, 0.15) is 5.15 Å². The Hall–Kier alpha value is -0.800. The molecular weight excluding hydrogens is 280 g/mol. The molecule has 0 bridgehead atoms. The average Bonchev–Trinajstić information content (AvgIpc) is 2.34. The van der Waals surface area contributed by atoms with Crippen LogP contribution < -0.4 is 0 Å². The minimum atomic E-state index is -0.102. The van der Waals surface area contributed by atoms with Crippen LogP contribution in [-0.2, 0) is 6.61 Å². The van der Waals surface area contributed by atoms with Gasteiger partial charge in [0.2, 0.25) is 0 Å². The number of nitrogens with zero attached hydrogens (tertiary/aromatic N) is 1. The molecule has 5 heteroatoms. The van der Waals surface area contributed by atoms with Gasteiger partial charge in [-0.1, -0.05) is 46.9 Å². The molecule has 0 aliphatic carbocycles. The normalized spacial score (nSPS) is 10.6. The molecular formula is C12H8Cl3NO. The summed E-state index contributed by atoms with van der Waals surface area (Å²) in [5, 5.41) is 10.3. The Morgan fingerprint density at radius 2 is 1.88 bits per heavy atom. The number of hydrogen-bond donors (Lipinski definition) is 1. The molecule has 0 aliphatic rings. The fraction of sp³-hybridized carbons (Fsp3) is 0.0833. The first-order valence-corrected chi connectivity index (χ1v) is 5.96. The first-order chi connectivity index (χ1) is 8.13. The molecule has 17 heavy (non-hydrogen) atoms. The summed E-state index contributed by atoms with van der Waals surface area (Å²) >= 11 is 18.1. The average molecular weight is 289 g/mol. The number of halogens is 3. The van der Waals surface area contributed by atoms with Gasteiger partial charge in [-0.2, -0.15) is 0 Å². The molecule has 0 amide bonds. The third-order valence-corrected chi connectivity index (χ3v) is 3.44. The van der Waals surface area contributed by atoms with E-state index >= 15 is 0 Å². The van der Waals surface area contributed by atoms with Gasteiger partial charge in [0.25, 0.3) is 0 Å². The topological polar surface area (TPSA) is 33.1 Å². The Morgan fingerprint density at radius 1 is 1.12 bits per heavy atom. The predicted molar refractivity (Wildman–Crippen MR) is 70.6 cm³/mol. The van der Waals surface area contributed by atoms with Crippen LogP contribution in [0.2, 0.25) is 15.2 Å². The van der Waals surface area contributed by atoms with Crippen LogP contribution in [0.3, 0.4) is 0 Å². The van der Waals surface area contributed by atoms with E-state index in [9.17, 15) is 0 Å². The van der Waals surface area contributed by atoms with E-state index < -0.39 is 0 Å². The van der Waals surface area contributed by atoms with Crippen molar-refractivity contribution in [3.8, 4) is 11.1 Å². The van der Waals surface area contributed by atoms with Gasteiger partial charge in [-0.05, 0) is 17.7 Å². The fourth-order valence-corrected chi connectivity index (χ4v) is 2.09. The first-order valence-electron chi connectivity index (χ1n) is 4.83. The minimum absolute atomic E-state index is 0.102. The van der Waals surface area contributed by atoms with Crippen molar-refractivity contribution in [2.75, 3.05) is 0 Å². The second-order valence-electron chi connectivity index (χ2n) is 3.44. The lowest BCUT2D eigenvalue weighted by atomic mass is 10.1. The molecule has 2 rings (SSSR count). The van der Waals surface area contributed by atoms with E-state index in [0.717, 1.165) is 0 Å². The Labute approximate surface area is 114 Å². The molecule has 0 atom stereocenters. The molecule has 1 N–H and O–H groups in total. The summed E-state index contributed by atoms with van der Waals surface area (Å²) in [6, 6.07) is 7.03. The van der Waals surface area contributed by atoms with Gasteiger partial charge in [0.15, 0.2) is 0 Å². The standard InChI is InChI=1S/C12H8Cl3NO/c13-10-3-1-2-8(11(10)14)9-4-7(6-17)5-16-12(9)15/h1-5,17H,6H2. The van der Waals surface area contributed by atoms with E-state index in [1.54, 1.807) is 24.3 Å². The van der Waals surface area contributed by atoms with Crippen molar-refractivity contribution in [2.45, 2.75) is 6.61 Å². The lowest BCUT2D eigenvalue weighted by Gasteiger charge is -2.08. The van der Waals surface area contributed by atoms with Crippen molar-refractivity contribution < 1.29 is 5.11 Å². The fourth-order valence-electron chi connectivity index (χ4n) is 1.48. The van der Waals surface area contributed by atoms with Gasteiger partial charge >= 0.3 is 0 Å². The Kier molecular flexibility index (Phi) is 3.89. The number of pyridine rings is 1. The van der Waals surface area contributed by atoms with Crippen molar-refractivity contribution in [2.24, 2.45) is 0 Å². The third kappa shape index (κ3) is 2.55. The number of aliphatic hydroxyl groups is 1. The summed E-state index contributed by atoms with van der Waals surface area (Å²) in [6.07, 6.45) is 1.52. The molecule has 1 aromatic carbocycles. The smallest absolute Gasteiger partial charge is 0.136 e. The summed E-state index contributed by atoms with van der Waals surface area (Å²) < 4.78 is 0. The highest BCUT2D eigenvalue weighted by atomic mass is 35.5. The first kappa shape index (κ1) is 12.7. The third-order valence-electron chi connectivity index (χ3n) is 2.32. The Morgan fingerprint density at radius 3 is 2.59 bits per heavy atom. The minimum Gasteiger partial charge on any atom is -0.392 e. The van der Waals surface area contributed by atoms with E-state index in [1.165, 1.54) is 6.20 Å². The van der Waals surface area contributed by atoms with Crippen LogP contribution in [0.25, 0.3) is 11.1 Å². The van der Waals surface area contributed by atoms with Gasteiger partial charge in [-0.3, -0.25) is 0 Å². The van der Waals surface area contributed by atoms with Gasteiger partial charge < -0.3 is 5.11 Å². The van der Waals surface area contributed by atoms with Gasteiger partial charge in [-0.25, -0.2) is 4.98 Å². The molecule has 2 nitrogen and oxygen atoms in total. The zero-order valence-corrected chi connectivity index (χ0v) is 10.9. The van der Waals surface area contributed by atoms with Crippen molar-refractivity contribution >= 4 is 34.8 Å². The van der Waals surface area contributed by atoms with Crippen molar-refractivity contribution in [1.29, 1.82) is 0 Å². The molecule has 0 unspecified atom stereocenters. The van der Waals surface area contributed by atoms with Crippen LogP contribution in [0.1, 0.15) is 5.56 Å². The van der Waals surface area contributed by atoms with Gasteiger partial charge in [0.05, 0.1) is 16.7 Å². The van der Waals surface area contributed by atoms with Crippen LogP contribution in [-0.4, -0.2) is 10.1 Å². The second kappa shape index (κ2) is 5.23. The summed E-state index contributed by atoms with van der Waals surface area (Å²) in [6.45, 7) is -0.102. The Balaban J connectivity index is 2.63. The molecule has 0 saturated carbocycles. The van der Waals surface area contributed by atoms with E-state index in [1.807, 2.05) is 0 Å². The zero-order chi connectivity index (χ0) is 12.4. The summed E-state index contributed by atoms with van der Waals surface area (Å²) in [4.78, 5) is 4.00. The molecule has 0 saturated heterocycles. The number of aromatic nitrogens is 1. The lowest BCUT2D eigenvalue weighted by Crippen LogP contribution is -1.90. The molecule has 0 fully saturated rings. The van der Waals surface area contributed by atoms with Crippen LogP contribution in [0, 0.1) is 0 Å². The van der Waals surface area contributed by atoms with Crippen molar-refractivity contribution in [3.05, 3.63) is 51.2 Å². The molecule has 0 radical (unpaired) electrons. The van der Waals surface area contributed by atoms with Crippen LogP contribution in [0.5, 0.6) is 0 Å². The van der Waals surface area contributed by atoms with Gasteiger partial charge in [-0.15, -0.1) is 0 Å². The van der Waals surface area contributed by atoms with E-state index in [0.29, 0.717) is 31.9 Å². The SMILES string of the molecule is OCc1cnc(Cl)c(-c2cccc(Cl)c2Cl)c1. The predicted octanol–water partition coefficient (Wildman–Crippen LogP) is 4.20. The van der Waals surface area contributed by atoms with E-state index in [4.69, 9.17) is 39.9 Å². The van der Waals surface area contributed by atoms with E-state index in [-0.39, 0.29) is 6.61 Å². The molecule has 1 heterocycles. The Bertz CT molecular complexity index is 557. The molecule has 1 aromatic heterocycles. The largest absolute Gasteiger partial charge is 0.392 e. The molecule has 88 valence electrons. The zero-order valence-electron chi connectivity index (χ0n) is 8.62. The summed E-state index contributed by atoms with van der Waals surface area (Å²) in [7, 11) is 0. The van der Waals surface area contributed by atoms with Crippen molar-refractivity contribution in [3.63, 3.8) is 0 Å². The number of aliphatic hydroxyl groups excluding tert-OH is 1. The highest BCUT2D eigenvalue weighted by Crippen LogP contribution is 2.36. The molecule has 0 aliphatic heterocycles. The highest BCUT2D eigenvalue weighted by Gasteiger charge is 2.11. The van der Waals surface area contributed by atoms with Crippen LogP contribution in [0.4, 0.5) is 0 Å². The molecule has 2 aromatic rings. The lowest BCUT2D eigenvalue weighted by molar-refractivity contribution is 0.281. The highest BCUT2D eigenvalue weighted by molar-refractivity contribution is 6.44. The van der Waals surface area contributed by atoms with Crippen LogP contribution >= 0.6 is 34.8 Å². The number of hydrogen-bond acceptors (Lipinski definition) is 2. The number of rotatable bonds is 2. The monoisotopic (exact) mass is 287 g/mol. The summed E-state index contributed by atoms with van der Waals surface area (Å²) in [5.74, 6) is 0. The maximum atomic E-state index is 9.08. The van der Waals surface area contributed by atoms with Gasteiger partial charge in [0, 0.05) is 17.3 Å². The second-order valence-corrected chi connectivity index (χ2v) is 4.58. The van der Waals surface area contributed by atoms with E-state index in [2.05, 4.69) is 4.98 Å². The van der Waals surface area contributed by atoms with Crippen molar-refractivity contribution in [1.82, 2.24) is 4.98 Å². The number of benzene rings is 1. The quantitative estimate of drug-likeness (QED) is 0.840. The summed E-state index contributed by atoms with van der Waals surface area (Å²) in [5.41, 5.74) is 2.03. The maximum Gasteiger partial charge on any atom is 0.136 e. The maximum absolute atomic E-state index is 9.08.